The molecule has 3 aromatic rings. The number of anilines is 2. The molecule has 0 atom stereocenters. The first-order chi connectivity index (χ1) is 10.1. The fraction of sp³-hybridized carbons (Fsp3) is 0.0625. The normalized spacial score (nSPS) is 10.7. The Labute approximate surface area is 130 Å². The van der Waals surface area contributed by atoms with E-state index in [1.807, 2.05) is 59.3 Å². The Morgan fingerprint density at radius 3 is 2.81 bits per heavy atom. The second-order valence-corrected chi connectivity index (χ2v) is 5.70. The van der Waals surface area contributed by atoms with Crippen LogP contribution in [0.4, 0.5) is 11.4 Å². The Balaban J connectivity index is 1.81. The Morgan fingerprint density at radius 2 is 2.00 bits per heavy atom. The number of nitrogens with two attached hydrogens (primary N) is 1. The monoisotopic (exact) mass is 343 g/mol. The smallest absolute Gasteiger partial charge is 0.244 e. The third-order valence-corrected chi connectivity index (χ3v) is 3.74. The van der Waals surface area contributed by atoms with E-state index in [9.17, 15) is 4.79 Å². The summed E-state index contributed by atoms with van der Waals surface area (Å²) in [5, 5.41) is 3.91. The number of para-hydroxylation sites is 1. The zero-order chi connectivity index (χ0) is 14.8. The first-order valence-electron chi connectivity index (χ1n) is 6.52. The maximum atomic E-state index is 12.2. The van der Waals surface area contributed by atoms with Crippen molar-refractivity contribution in [3.8, 4) is 0 Å². The van der Waals surface area contributed by atoms with Crippen LogP contribution in [0.25, 0.3) is 10.9 Å². The molecule has 0 fully saturated rings. The molecule has 0 aliphatic heterocycles. The SMILES string of the molecule is Nc1cccc2ccn(CC(=O)Nc3cccc(Br)c3)c12. The number of nitrogens with zero attached hydrogens (tertiary/aromatic N) is 1. The minimum absolute atomic E-state index is 0.0890. The van der Waals surface area contributed by atoms with Crippen LogP contribution in [-0.2, 0) is 11.3 Å². The number of fused-ring (bicyclic) bond motifs is 1. The lowest BCUT2D eigenvalue weighted by molar-refractivity contribution is -0.116. The highest BCUT2D eigenvalue weighted by molar-refractivity contribution is 9.10. The van der Waals surface area contributed by atoms with Gasteiger partial charge in [0.25, 0.3) is 0 Å². The second-order valence-electron chi connectivity index (χ2n) is 4.79. The van der Waals surface area contributed by atoms with E-state index in [1.54, 1.807) is 0 Å². The summed E-state index contributed by atoms with van der Waals surface area (Å²) in [6.45, 7) is 0.226. The van der Waals surface area contributed by atoms with E-state index in [0.29, 0.717) is 5.69 Å². The van der Waals surface area contributed by atoms with Crippen LogP contribution in [0.2, 0.25) is 0 Å². The van der Waals surface area contributed by atoms with Crippen LogP contribution in [0.3, 0.4) is 0 Å². The van der Waals surface area contributed by atoms with Gasteiger partial charge in [0, 0.05) is 21.7 Å². The van der Waals surface area contributed by atoms with Crippen molar-refractivity contribution < 1.29 is 4.79 Å². The highest BCUT2D eigenvalue weighted by atomic mass is 79.9. The first kappa shape index (κ1) is 13.7. The predicted octanol–water partition coefficient (Wildman–Crippen LogP) is 3.62. The Morgan fingerprint density at radius 1 is 1.19 bits per heavy atom. The van der Waals surface area contributed by atoms with Crippen LogP contribution in [-0.4, -0.2) is 10.5 Å². The lowest BCUT2D eigenvalue weighted by Crippen LogP contribution is -2.18. The van der Waals surface area contributed by atoms with Gasteiger partial charge in [0.05, 0.1) is 11.2 Å². The molecule has 106 valence electrons. The van der Waals surface area contributed by atoms with Crippen LogP contribution in [0.1, 0.15) is 0 Å². The van der Waals surface area contributed by atoms with Gasteiger partial charge in [-0.2, -0.15) is 0 Å². The highest BCUT2D eigenvalue weighted by Gasteiger charge is 2.08. The van der Waals surface area contributed by atoms with Gasteiger partial charge < -0.3 is 15.6 Å². The average Bonchev–Trinajstić information content (AvgIpc) is 2.83. The molecule has 3 N–H and O–H groups in total. The molecule has 2 aromatic carbocycles. The Kier molecular flexibility index (Phi) is 3.66. The van der Waals surface area contributed by atoms with Crippen molar-refractivity contribution in [2.75, 3.05) is 11.1 Å². The van der Waals surface area contributed by atoms with Gasteiger partial charge in [-0.1, -0.05) is 34.1 Å². The molecule has 1 amide bonds. The summed E-state index contributed by atoms with van der Waals surface area (Å²) in [7, 11) is 0. The quantitative estimate of drug-likeness (QED) is 0.713. The van der Waals surface area contributed by atoms with Crippen LogP contribution in [0, 0.1) is 0 Å². The molecule has 0 saturated heterocycles. The summed E-state index contributed by atoms with van der Waals surface area (Å²) >= 11 is 3.38. The van der Waals surface area contributed by atoms with Crippen molar-refractivity contribution in [3.05, 3.63) is 59.2 Å². The third kappa shape index (κ3) is 2.92. The lowest BCUT2D eigenvalue weighted by Gasteiger charge is -2.09. The average molecular weight is 344 g/mol. The molecule has 3 rings (SSSR count). The number of halogens is 1. The van der Waals surface area contributed by atoms with Gasteiger partial charge >= 0.3 is 0 Å². The molecule has 0 radical (unpaired) electrons. The number of nitrogen functional groups attached to an aromatic ring is 1. The molecule has 0 aliphatic carbocycles. The van der Waals surface area contributed by atoms with E-state index < -0.39 is 0 Å². The first-order valence-corrected chi connectivity index (χ1v) is 7.31. The lowest BCUT2D eigenvalue weighted by atomic mass is 10.2. The van der Waals surface area contributed by atoms with Gasteiger partial charge in [-0.3, -0.25) is 4.79 Å². The molecular formula is C16H14BrN3O. The number of hydrogen-bond donors (Lipinski definition) is 2. The van der Waals surface area contributed by atoms with Crippen LogP contribution >= 0.6 is 15.9 Å². The molecule has 1 aromatic heterocycles. The van der Waals surface area contributed by atoms with E-state index in [-0.39, 0.29) is 12.5 Å². The van der Waals surface area contributed by atoms with Crippen LogP contribution in [0.5, 0.6) is 0 Å². The summed E-state index contributed by atoms with van der Waals surface area (Å²) in [6, 6.07) is 15.2. The fourth-order valence-electron chi connectivity index (χ4n) is 2.34. The third-order valence-electron chi connectivity index (χ3n) is 3.24. The van der Waals surface area contributed by atoms with Gasteiger partial charge in [0.2, 0.25) is 5.91 Å². The summed E-state index contributed by atoms with van der Waals surface area (Å²) in [6.07, 6.45) is 1.88. The summed E-state index contributed by atoms with van der Waals surface area (Å²) in [4.78, 5) is 12.2. The number of aromatic nitrogens is 1. The molecule has 0 aliphatic rings. The minimum atomic E-state index is -0.0890. The molecule has 5 heteroatoms. The molecule has 21 heavy (non-hydrogen) atoms. The van der Waals surface area contributed by atoms with Gasteiger partial charge in [0.1, 0.15) is 6.54 Å². The largest absolute Gasteiger partial charge is 0.397 e. The predicted molar refractivity (Wildman–Crippen MR) is 89.1 cm³/mol. The summed E-state index contributed by atoms with van der Waals surface area (Å²) < 4.78 is 2.79. The van der Waals surface area contributed by atoms with E-state index in [0.717, 1.165) is 21.1 Å². The number of amides is 1. The number of nitrogens with one attached hydrogen (secondary N) is 1. The zero-order valence-electron chi connectivity index (χ0n) is 11.2. The Hall–Kier alpha value is -2.27. The summed E-state index contributed by atoms with van der Waals surface area (Å²) in [5.41, 5.74) is 8.32. The molecule has 0 spiro atoms. The van der Waals surface area contributed by atoms with Crippen molar-refractivity contribution in [3.63, 3.8) is 0 Å². The van der Waals surface area contributed by atoms with Gasteiger partial charge in [-0.05, 0) is 30.3 Å². The van der Waals surface area contributed by atoms with Gasteiger partial charge in [-0.15, -0.1) is 0 Å². The van der Waals surface area contributed by atoms with Crippen LogP contribution in [0.15, 0.2) is 59.2 Å². The van der Waals surface area contributed by atoms with Gasteiger partial charge in [-0.25, -0.2) is 0 Å². The molecular weight excluding hydrogens is 330 g/mol. The van der Waals surface area contributed by atoms with E-state index >= 15 is 0 Å². The maximum Gasteiger partial charge on any atom is 0.244 e. The zero-order valence-corrected chi connectivity index (χ0v) is 12.8. The number of carbonyl (C=O) groups excluding carboxylic acids is 1. The van der Waals surface area contributed by atoms with Crippen molar-refractivity contribution in [1.29, 1.82) is 0 Å². The number of benzene rings is 2. The van der Waals surface area contributed by atoms with E-state index in [4.69, 9.17) is 5.73 Å². The number of carbonyl (C=O) groups is 1. The fourth-order valence-corrected chi connectivity index (χ4v) is 2.74. The second kappa shape index (κ2) is 5.61. The van der Waals surface area contributed by atoms with Crippen LogP contribution < -0.4 is 11.1 Å². The van der Waals surface area contributed by atoms with Crippen molar-refractivity contribution in [2.45, 2.75) is 6.54 Å². The number of hydrogen-bond acceptors (Lipinski definition) is 2. The topological polar surface area (TPSA) is 60.0 Å². The minimum Gasteiger partial charge on any atom is -0.397 e. The van der Waals surface area contributed by atoms with Crippen molar-refractivity contribution in [1.82, 2.24) is 4.57 Å². The summed E-state index contributed by atoms with van der Waals surface area (Å²) in [5.74, 6) is -0.0890. The Bertz CT molecular complexity index is 810. The van der Waals surface area contributed by atoms with E-state index in [1.165, 1.54) is 0 Å². The molecule has 0 saturated carbocycles. The molecule has 4 nitrogen and oxygen atoms in total. The van der Waals surface area contributed by atoms with E-state index in [2.05, 4.69) is 21.2 Å². The standard InChI is InChI=1S/C16H14BrN3O/c17-12-4-2-5-13(9-12)19-15(21)10-20-8-7-11-3-1-6-14(18)16(11)20/h1-9H,10,18H2,(H,19,21). The maximum absolute atomic E-state index is 12.2. The number of rotatable bonds is 3. The van der Waals surface area contributed by atoms with Crippen molar-refractivity contribution >= 4 is 44.1 Å². The molecule has 0 bridgehead atoms. The van der Waals surface area contributed by atoms with Crippen molar-refractivity contribution in [2.24, 2.45) is 0 Å². The highest BCUT2D eigenvalue weighted by Crippen LogP contribution is 2.22. The molecule has 1 heterocycles. The van der Waals surface area contributed by atoms with Gasteiger partial charge in [0.15, 0.2) is 0 Å². The molecule has 0 unspecified atom stereocenters.